The molecule has 4 atom stereocenters. The predicted octanol–water partition coefficient (Wildman–Crippen LogP) is 19.3. The largest absolute Gasteiger partial charge is 0.508 e. The van der Waals surface area contributed by atoms with Gasteiger partial charge in [0.25, 0.3) is 0 Å². The number of thioether (sulfide) groups is 2. The maximum atomic E-state index is 12.9. The van der Waals surface area contributed by atoms with E-state index in [1.54, 1.807) is 36.4 Å². The molecule has 446 valence electrons. The fourth-order valence-corrected chi connectivity index (χ4v) is 12.7. The number of aromatic hydroxyl groups is 2. The van der Waals surface area contributed by atoms with Crippen molar-refractivity contribution in [3.05, 3.63) is 118 Å². The van der Waals surface area contributed by atoms with E-state index < -0.39 is 43.0 Å². The fourth-order valence-electron chi connectivity index (χ4n) is 10.8. The van der Waals surface area contributed by atoms with Crippen molar-refractivity contribution in [1.29, 1.82) is 0 Å². The zero-order valence-corrected chi connectivity index (χ0v) is 47.9. The second-order valence-electron chi connectivity index (χ2n) is 22.1. The first-order valence-corrected chi connectivity index (χ1v) is 30.5. The molecule has 0 aliphatic carbocycles. The summed E-state index contributed by atoms with van der Waals surface area (Å²) in [6, 6.07) is 26.4. The van der Waals surface area contributed by atoms with Crippen LogP contribution in [0.25, 0.3) is 0 Å². The molecule has 0 unspecified atom stereocenters. The number of hydrogen-bond acceptors (Lipinski definition) is 7. The molecule has 0 spiro atoms. The van der Waals surface area contributed by atoms with Crippen molar-refractivity contribution >= 4 is 29.5 Å². The first kappa shape index (κ1) is 66.4. The van der Waals surface area contributed by atoms with Gasteiger partial charge in [-0.25, -0.2) is 4.79 Å². The highest BCUT2D eigenvalue weighted by atomic mass is 32.2. The van der Waals surface area contributed by atoms with E-state index in [0.717, 1.165) is 137 Å². The van der Waals surface area contributed by atoms with E-state index in [1.807, 2.05) is 24.3 Å². The number of alkyl halides is 10. The van der Waals surface area contributed by atoms with Gasteiger partial charge < -0.3 is 24.8 Å². The Bertz CT molecular complexity index is 2490. The smallest absolute Gasteiger partial charge is 0.453 e. The third kappa shape index (κ3) is 19.3. The first-order chi connectivity index (χ1) is 37.8. The van der Waals surface area contributed by atoms with Gasteiger partial charge in [-0.15, -0.1) is 0 Å². The van der Waals surface area contributed by atoms with E-state index in [-0.39, 0.29) is 52.6 Å². The second kappa shape index (κ2) is 30.7. The summed E-state index contributed by atoms with van der Waals surface area (Å²) >= 11 is 2.89. The van der Waals surface area contributed by atoms with Gasteiger partial charge in [-0.1, -0.05) is 145 Å². The van der Waals surface area contributed by atoms with Crippen molar-refractivity contribution in [1.82, 2.24) is 0 Å². The van der Waals surface area contributed by atoms with Crippen LogP contribution in [0.15, 0.2) is 84.9 Å². The molecule has 0 saturated carbocycles. The molecular formula is C62H80F10O6S2. The lowest BCUT2D eigenvalue weighted by atomic mass is 9.66. The van der Waals surface area contributed by atoms with Crippen molar-refractivity contribution in [2.24, 2.45) is 0 Å². The summed E-state index contributed by atoms with van der Waals surface area (Å²) in [5, 5.41) is 29.2. The number of aryl methyl sites for hydroxylation is 1. The van der Waals surface area contributed by atoms with E-state index in [2.05, 4.69) is 45.0 Å². The molecule has 2 aliphatic heterocycles. The normalized spacial score (nSPS) is 19.3. The van der Waals surface area contributed by atoms with E-state index in [0.29, 0.717) is 30.5 Å². The minimum absolute atomic E-state index is 0.126. The van der Waals surface area contributed by atoms with Crippen LogP contribution >= 0.6 is 23.5 Å². The molecule has 2 heterocycles. The van der Waals surface area contributed by atoms with Crippen LogP contribution in [0.1, 0.15) is 192 Å². The summed E-state index contributed by atoms with van der Waals surface area (Å²) in [6.45, 7) is 7.49. The maximum Gasteiger partial charge on any atom is 0.453 e. The van der Waals surface area contributed by atoms with E-state index in [1.165, 1.54) is 34.7 Å². The van der Waals surface area contributed by atoms with Gasteiger partial charge in [-0.2, -0.15) is 67.4 Å². The van der Waals surface area contributed by atoms with Gasteiger partial charge in [0.1, 0.15) is 23.0 Å². The second-order valence-corrected chi connectivity index (χ2v) is 24.5. The Morgan fingerprint density at radius 3 is 1.20 bits per heavy atom. The Balaban J connectivity index is 0.000000294. The number of phenolic OH excluding ortho intramolecular Hbond substituents is 2. The Morgan fingerprint density at radius 1 is 0.500 bits per heavy atom. The Labute approximate surface area is 474 Å². The Kier molecular flexibility index (Phi) is 25.5. The fraction of sp³-hybridized carbons (Fsp3) is 0.597. The number of phenols is 2. The van der Waals surface area contributed by atoms with Crippen molar-refractivity contribution in [2.45, 2.75) is 196 Å². The number of rotatable bonds is 31. The molecule has 4 aromatic carbocycles. The molecule has 6 nitrogen and oxygen atoms in total. The van der Waals surface area contributed by atoms with Crippen LogP contribution in [0, 0.1) is 6.92 Å². The molecule has 18 heteroatoms. The summed E-state index contributed by atoms with van der Waals surface area (Å²) < 4.78 is 137. The molecule has 3 N–H and O–H groups in total. The highest BCUT2D eigenvalue weighted by Gasteiger charge is 2.57. The number of hydrogen-bond donors (Lipinski definition) is 3. The van der Waals surface area contributed by atoms with Crippen molar-refractivity contribution < 1.29 is 73.5 Å². The maximum absolute atomic E-state index is 12.9. The number of carboxylic acid groups (broad SMARTS) is 1. The lowest BCUT2D eigenvalue weighted by Gasteiger charge is -2.43. The van der Waals surface area contributed by atoms with Gasteiger partial charge in [0.05, 0.1) is 18.8 Å². The summed E-state index contributed by atoms with van der Waals surface area (Å²) in [5.74, 6) is -5.69. The van der Waals surface area contributed by atoms with E-state index >= 15 is 0 Å². The van der Waals surface area contributed by atoms with Gasteiger partial charge in [0.2, 0.25) is 0 Å². The first-order valence-electron chi connectivity index (χ1n) is 28.2. The van der Waals surface area contributed by atoms with Crippen LogP contribution in [0.3, 0.4) is 0 Å². The molecule has 0 saturated heterocycles. The number of fused-ring (bicyclic) bond motifs is 2. The van der Waals surface area contributed by atoms with Gasteiger partial charge in [0.15, 0.2) is 0 Å². The van der Waals surface area contributed by atoms with Crippen LogP contribution in [-0.2, 0) is 10.8 Å². The van der Waals surface area contributed by atoms with Gasteiger partial charge in [0, 0.05) is 47.6 Å². The third-order valence-corrected chi connectivity index (χ3v) is 18.1. The molecule has 2 aliphatic rings. The summed E-state index contributed by atoms with van der Waals surface area (Å²) in [7, 11) is 0. The lowest BCUT2D eigenvalue weighted by molar-refractivity contribution is -0.284. The summed E-state index contributed by atoms with van der Waals surface area (Å²) in [6.07, 6.45) is 3.32. The quantitative estimate of drug-likeness (QED) is 0.0339. The number of carboxylic acids is 1. The Morgan fingerprint density at radius 2 is 0.838 bits per heavy atom. The zero-order chi connectivity index (χ0) is 58.6. The van der Waals surface area contributed by atoms with E-state index in [9.17, 15) is 64.0 Å². The molecule has 0 amide bonds. The standard InChI is InChI=1S/C31H39F5O4S.C31H41F5O2S/c1-29(23-13-11-22(12-14-23)28(38)39)21-40-27-20-24(37)15-16-25(27)26(29)10-7-5-3-2-4-6-8-18-41-19-9-17-30(32,33)31(34,35)36;1-23-12-14-24(15-13-23)29(2)22-38-28-21-25(37)16-17-26(28)27(29)11-8-6-4-3-5-7-9-19-39-20-10-18-30(32,33)31(34,35)36/h11-16,20,26,37H,2-10,17-19,21H2,1H3,(H,38,39);12-17,21,27,37H,3-11,18-20,22H2,1-2H3/t26-,29-;27-,29-/m11/s1. The average Bonchev–Trinajstić information content (AvgIpc) is 3.46. The van der Waals surface area contributed by atoms with Gasteiger partial charge >= 0.3 is 30.2 Å². The van der Waals surface area contributed by atoms with Crippen LogP contribution in [-0.4, -0.2) is 81.7 Å². The topological polar surface area (TPSA) is 96.2 Å². The third-order valence-electron chi connectivity index (χ3n) is 15.8. The molecule has 0 radical (unpaired) electrons. The van der Waals surface area contributed by atoms with Gasteiger partial charge in [-0.05, 0) is 115 Å². The van der Waals surface area contributed by atoms with Crippen molar-refractivity contribution in [3.8, 4) is 23.0 Å². The van der Waals surface area contributed by atoms with Crippen molar-refractivity contribution in [2.75, 3.05) is 36.2 Å². The van der Waals surface area contributed by atoms with Crippen LogP contribution < -0.4 is 9.47 Å². The molecule has 4 aromatic rings. The number of carbonyl (C=O) groups is 1. The zero-order valence-electron chi connectivity index (χ0n) is 46.3. The predicted molar refractivity (Wildman–Crippen MR) is 301 cm³/mol. The number of ether oxygens (including phenoxy) is 2. The minimum Gasteiger partial charge on any atom is -0.508 e. The number of unbranched alkanes of at least 4 members (excludes halogenated alkanes) is 12. The van der Waals surface area contributed by atoms with E-state index in [4.69, 9.17) is 9.47 Å². The van der Waals surface area contributed by atoms with Crippen LogP contribution in [0.2, 0.25) is 0 Å². The van der Waals surface area contributed by atoms with Crippen LogP contribution in [0.4, 0.5) is 43.9 Å². The SMILES string of the molecule is C[C@]1(c2ccc(C(=O)O)cc2)COc2cc(O)ccc2[C@H]1CCCCCCCCCSCCCC(F)(F)C(F)(F)F.Cc1ccc([C@@]2(C)COc3cc(O)ccc3[C@H]2CCCCCCCCCSCCCC(F)(F)C(F)(F)F)cc1. The van der Waals surface area contributed by atoms with Crippen molar-refractivity contribution in [3.63, 3.8) is 0 Å². The molecule has 0 bridgehead atoms. The number of benzene rings is 4. The number of aromatic carboxylic acids is 1. The highest BCUT2D eigenvalue weighted by molar-refractivity contribution is 7.99. The van der Waals surface area contributed by atoms with Crippen LogP contribution in [0.5, 0.6) is 23.0 Å². The molecule has 80 heavy (non-hydrogen) atoms. The molecular weight excluding hydrogens is 1090 g/mol. The minimum atomic E-state index is -5.47. The number of halogens is 10. The summed E-state index contributed by atoms with van der Waals surface area (Å²) in [5.41, 5.74) is 5.42. The summed E-state index contributed by atoms with van der Waals surface area (Å²) in [4.78, 5) is 11.3. The molecule has 6 rings (SSSR count). The lowest BCUT2D eigenvalue weighted by Crippen LogP contribution is -2.40. The molecule has 0 aromatic heterocycles. The average molecular weight is 1180 g/mol. The highest BCUT2D eigenvalue weighted by Crippen LogP contribution is 2.51. The monoisotopic (exact) mass is 1170 g/mol. The van der Waals surface area contributed by atoms with Gasteiger partial charge in [-0.3, -0.25) is 0 Å². The Hall–Kier alpha value is -4.45. The molecule has 0 fully saturated rings.